The largest absolute Gasteiger partial charge is 0.392 e. The first-order valence-corrected chi connectivity index (χ1v) is 6.54. The molecule has 0 amide bonds. The lowest BCUT2D eigenvalue weighted by atomic mass is 10.1. The monoisotopic (exact) mass is 260 g/mol. The van der Waals surface area contributed by atoms with Crippen LogP contribution in [0, 0.1) is 0 Å². The van der Waals surface area contributed by atoms with E-state index in [0.717, 1.165) is 35.4 Å². The molecule has 0 aliphatic carbocycles. The van der Waals surface area contributed by atoms with Gasteiger partial charge in [-0.05, 0) is 24.6 Å². The number of fused-ring (bicyclic) bond motifs is 1. The van der Waals surface area contributed by atoms with Gasteiger partial charge < -0.3 is 14.7 Å². The third kappa shape index (κ3) is 3.22. The number of aromatic nitrogens is 1. The van der Waals surface area contributed by atoms with Crippen molar-refractivity contribution in [1.82, 2.24) is 4.98 Å². The van der Waals surface area contributed by atoms with E-state index in [1.165, 1.54) is 0 Å². The molecule has 1 heterocycles. The van der Waals surface area contributed by atoms with Crippen molar-refractivity contribution in [3.63, 3.8) is 0 Å². The van der Waals surface area contributed by atoms with E-state index >= 15 is 0 Å². The number of nitrogens with zero attached hydrogens (tertiary/aromatic N) is 2. The lowest BCUT2D eigenvalue weighted by Crippen LogP contribution is -2.23. The number of pyridine rings is 1. The summed E-state index contributed by atoms with van der Waals surface area (Å²) in [6, 6.07) is 9.81. The Kier molecular flexibility index (Phi) is 4.71. The van der Waals surface area contributed by atoms with Crippen LogP contribution in [0.3, 0.4) is 0 Å². The predicted molar refractivity (Wildman–Crippen MR) is 77.4 cm³/mol. The van der Waals surface area contributed by atoms with Crippen LogP contribution in [0.15, 0.2) is 30.3 Å². The summed E-state index contributed by atoms with van der Waals surface area (Å²) in [6.45, 7) is 4.19. The Morgan fingerprint density at radius 1 is 1.32 bits per heavy atom. The highest BCUT2D eigenvalue weighted by atomic mass is 16.5. The summed E-state index contributed by atoms with van der Waals surface area (Å²) < 4.78 is 5.35. The smallest absolute Gasteiger partial charge is 0.129 e. The van der Waals surface area contributed by atoms with Gasteiger partial charge in [0.25, 0.3) is 0 Å². The fraction of sp³-hybridized carbons (Fsp3) is 0.400. The van der Waals surface area contributed by atoms with E-state index in [2.05, 4.69) is 4.98 Å². The number of aliphatic hydroxyl groups is 1. The second kappa shape index (κ2) is 6.50. The number of benzene rings is 1. The van der Waals surface area contributed by atoms with Gasteiger partial charge in [0.05, 0.1) is 18.7 Å². The first-order chi connectivity index (χ1) is 9.26. The van der Waals surface area contributed by atoms with Crippen molar-refractivity contribution < 1.29 is 9.84 Å². The summed E-state index contributed by atoms with van der Waals surface area (Å²) in [4.78, 5) is 6.66. The maximum atomic E-state index is 9.48. The molecule has 0 radical (unpaired) electrons. The molecule has 0 spiro atoms. The van der Waals surface area contributed by atoms with Crippen LogP contribution in [0.4, 0.5) is 5.82 Å². The fourth-order valence-corrected chi connectivity index (χ4v) is 2.02. The van der Waals surface area contributed by atoms with Crippen LogP contribution < -0.4 is 4.90 Å². The number of aliphatic hydroxyl groups excluding tert-OH is 1. The average Bonchev–Trinajstić information content (AvgIpc) is 2.46. The highest BCUT2D eigenvalue weighted by Gasteiger charge is 2.08. The van der Waals surface area contributed by atoms with Crippen molar-refractivity contribution >= 4 is 16.7 Å². The molecule has 0 fully saturated rings. The molecule has 102 valence electrons. The molecule has 1 aromatic carbocycles. The van der Waals surface area contributed by atoms with Gasteiger partial charge in [-0.3, -0.25) is 0 Å². The van der Waals surface area contributed by atoms with Crippen LogP contribution >= 0.6 is 0 Å². The Morgan fingerprint density at radius 2 is 2.11 bits per heavy atom. The average molecular weight is 260 g/mol. The zero-order valence-electron chi connectivity index (χ0n) is 11.5. The van der Waals surface area contributed by atoms with Crippen LogP contribution in [-0.4, -0.2) is 36.9 Å². The predicted octanol–water partition coefficient (Wildman–Crippen LogP) is 2.20. The van der Waals surface area contributed by atoms with Crippen LogP contribution in [0.2, 0.25) is 0 Å². The Hall–Kier alpha value is -1.65. The van der Waals surface area contributed by atoms with Gasteiger partial charge >= 0.3 is 0 Å². The van der Waals surface area contributed by atoms with E-state index in [4.69, 9.17) is 4.74 Å². The minimum atomic E-state index is 0.0231. The molecule has 0 bridgehead atoms. The normalized spacial score (nSPS) is 10.9. The molecule has 2 aromatic rings. The molecule has 0 saturated heterocycles. The molecule has 1 N–H and O–H groups in total. The quantitative estimate of drug-likeness (QED) is 0.809. The van der Waals surface area contributed by atoms with E-state index in [1.54, 1.807) is 0 Å². The summed E-state index contributed by atoms with van der Waals surface area (Å²) in [5.74, 6) is 0.863. The number of likely N-dealkylation sites (N-methyl/N-ethyl adjacent to an activating group) is 1. The maximum absolute atomic E-state index is 9.48. The van der Waals surface area contributed by atoms with Gasteiger partial charge in [0.2, 0.25) is 0 Å². The molecule has 4 heteroatoms. The van der Waals surface area contributed by atoms with Crippen LogP contribution in [0.25, 0.3) is 10.9 Å². The second-order valence-electron chi connectivity index (χ2n) is 4.43. The Balaban J connectivity index is 2.28. The van der Waals surface area contributed by atoms with Crippen molar-refractivity contribution in [2.24, 2.45) is 0 Å². The maximum Gasteiger partial charge on any atom is 0.129 e. The highest BCUT2D eigenvalue weighted by Crippen LogP contribution is 2.22. The number of anilines is 1. The van der Waals surface area contributed by atoms with E-state index in [0.29, 0.717) is 6.61 Å². The van der Waals surface area contributed by atoms with Crippen molar-refractivity contribution in [1.29, 1.82) is 0 Å². The first kappa shape index (κ1) is 13.8. The third-order valence-corrected chi connectivity index (χ3v) is 3.12. The number of hydrogen-bond donors (Lipinski definition) is 1. The number of rotatable bonds is 6. The summed E-state index contributed by atoms with van der Waals surface area (Å²) in [7, 11) is 1.98. The fourth-order valence-electron chi connectivity index (χ4n) is 2.02. The van der Waals surface area contributed by atoms with Crippen molar-refractivity contribution in [2.75, 3.05) is 31.7 Å². The lowest BCUT2D eigenvalue weighted by molar-refractivity contribution is 0.154. The van der Waals surface area contributed by atoms with E-state index in [9.17, 15) is 5.11 Å². The Bertz CT molecular complexity index is 543. The summed E-state index contributed by atoms with van der Waals surface area (Å²) in [5.41, 5.74) is 1.82. The zero-order valence-corrected chi connectivity index (χ0v) is 11.5. The van der Waals surface area contributed by atoms with Crippen LogP contribution in [0.5, 0.6) is 0 Å². The van der Waals surface area contributed by atoms with E-state index in [1.807, 2.05) is 49.2 Å². The number of ether oxygens (including phenoxy) is 1. The molecular weight excluding hydrogens is 240 g/mol. The van der Waals surface area contributed by atoms with Gasteiger partial charge in [-0.1, -0.05) is 18.2 Å². The molecule has 0 aliphatic rings. The highest BCUT2D eigenvalue weighted by molar-refractivity contribution is 5.84. The van der Waals surface area contributed by atoms with Gasteiger partial charge in [0, 0.05) is 25.6 Å². The molecule has 0 aliphatic heterocycles. The summed E-state index contributed by atoms with van der Waals surface area (Å²) in [6.07, 6.45) is 0. The minimum absolute atomic E-state index is 0.0231. The molecule has 1 aromatic heterocycles. The van der Waals surface area contributed by atoms with Gasteiger partial charge in [-0.2, -0.15) is 0 Å². The molecule has 0 unspecified atom stereocenters. The van der Waals surface area contributed by atoms with Crippen LogP contribution in [-0.2, 0) is 11.3 Å². The van der Waals surface area contributed by atoms with Crippen molar-refractivity contribution in [3.8, 4) is 0 Å². The van der Waals surface area contributed by atoms with Gasteiger partial charge in [0.15, 0.2) is 0 Å². The Morgan fingerprint density at radius 3 is 2.84 bits per heavy atom. The molecule has 19 heavy (non-hydrogen) atoms. The summed E-state index contributed by atoms with van der Waals surface area (Å²) >= 11 is 0. The van der Waals surface area contributed by atoms with E-state index < -0.39 is 0 Å². The SMILES string of the molecule is CCOCCN(C)c1cc(CO)c2ccccc2n1. The van der Waals surface area contributed by atoms with Gasteiger partial charge in [-0.25, -0.2) is 4.98 Å². The molecule has 0 saturated carbocycles. The van der Waals surface area contributed by atoms with E-state index in [-0.39, 0.29) is 6.61 Å². The molecule has 2 rings (SSSR count). The van der Waals surface area contributed by atoms with Crippen molar-refractivity contribution in [3.05, 3.63) is 35.9 Å². The molecular formula is C15H20N2O2. The second-order valence-corrected chi connectivity index (χ2v) is 4.43. The lowest BCUT2D eigenvalue weighted by Gasteiger charge is -2.19. The number of para-hydroxylation sites is 1. The van der Waals surface area contributed by atoms with Crippen LogP contribution in [0.1, 0.15) is 12.5 Å². The molecule has 4 nitrogen and oxygen atoms in total. The zero-order chi connectivity index (χ0) is 13.7. The molecule has 0 atom stereocenters. The van der Waals surface area contributed by atoms with Crippen molar-refractivity contribution in [2.45, 2.75) is 13.5 Å². The topological polar surface area (TPSA) is 45.6 Å². The first-order valence-electron chi connectivity index (χ1n) is 6.54. The Labute approximate surface area is 113 Å². The van der Waals surface area contributed by atoms with Gasteiger partial charge in [-0.15, -0.1) is 0 Å². The minimum Gasteiger partial charge on any atom is -0.392 e. The standard InChI is InChI=1S/C15H20N2O2/c1-3-19-9-8-17(2)15-10-12(11-18)13-6-4-5-7-14(13)16-15/h4-7,10,18H,3,8-9,11H2,1-2H3. The van der Waals surface area contributed by atoms with Gasteiger partial charge in [0.1, 0.15) is 5.82 Å². The third-order valence-electron chi connectivity index (χ3n) is 3.12. The summed E-state index contributed by atoms with van der Waals surface area (Å²) in [5, 5.41) is 10.5. The number of hydrogen-bond acceptors (Lipinski definition) is 4.